The molecule has 4 nitrogen and oxygen atoms in total. The number of hydrogen-bond acceptors (Lipinski definition) is 4. The van der Waals surface area contributed by atoms with E-state index in [9.17, 15) is 0 Å². The first-order valence-electron chi connectivity index (χ1n) is 8.15. The molecule has 1 heterocycles. The summed E-state index contributed by atoms with van der Waals surface area (Å²) in [5, 5.41) is 6.86. The summed E-state index contributed by atoms with van der Waals surface area (Å²) in [6, 6.07) is 2.04. The minimum Gasteiger partial charge on any atom is -0.370 e. The molecule has 2 saturated carbocycles. The van der Waals surface area contributed by atoms with Gasteiger partial charge in [-0.25, -0.2) is 9.97 Å². The maximum atomic E-state index is 4.60. The van der Waals surface area contributed by atoms with Crippen molar-refractivity contribution in [1.29, 1.82) is 0 Å². The maximum absolute atomic E-state index is 4.60. The Labute approximate surface area is 121 Å². The first-order valence-corrected chi connectivity index (χ1v) is 8.15. The van der Waals surface area contributed by atoms with Gasteiger partial charge in [-0.3, -0.25) is 0 Å². The summed E-state index contributed by atoms with van der Waals surface area (Å²) in [6.45, 7) is 6.18. The van der Waals surface area contributed by atoms with Crippen LogP contribution in [0.5, 0.6) is 0 Å². The first-order chi connectivity index (χ1) is 9.80. The normalized spacial score (nSPS) is 18.4. The topological polar surface area (TPSA) is 49.8 Å². The van der Waals surface area contributed by atoms with Gasteiger partial charge in [-0.05, 0) is 50.4 Å². The van der Waals surface area contributed by atoms with E-state index in [0.29, 0.717) is 0 Å². The summed E-state index contributed by atoms with van der Waals surface area (Å²) in [7, 11) is 0. The number of rotatable bonds is 8. The highest BCUT2D eigenvalue weighted by Gasteiger charge is 2.41. The van der Waals surface area contributed by atoms with Crippen LogP contribution in [0.15, 0.2) is 6.07 Å². The summed E-state index contributed by atoms with van der Waals surface area (Å²) in [5.74, 6) is 5.68. The molecule has 2 N–H and O–H groups in total. The highest BCUT2D eigenvalue weighted by atomic mass is 15.1. The van der Waals surface area contributed by atoms with Crippen LogP contribution < -0.4 is 10.6 Å². The van der Waals surface area contributed by atoms with Crippen molar-refractivity contribution in [3.63, 3.8) is 0 Å². The minimum absolute atomic E-state index is 0.873. The fraction of sp³-hybridized carbons (Fsp3) is 0.750. The summed E-state index contributed by atoms with van der Waals surface area (Å²) >= 11 is 0. The molecule has 4 heteroatoms. The van der Waals surface area contributed by atoms with Gasteiger partial charge in [-0.1, -0.05) is 6.92 Å². The number of hydrogen-bond donors (Lipinski definition) is 2. The Kier molecular flexibility index (Phi) is 4.08. The number of aromatic nitrogens is 2. The fourth-order valence-electron chi connectivity index (χ4n) is 3.01. The molecule has 2 aliphatic rings. The van der Waals surface area contributed by atoms with Crippen LogP contribution in [0.1, 0.15) is 45.4 Å². The molecular formula is C16H26N4. The van der Waals surface area contributed by atoms with Crippen molar-refractivity contribution in [2.45, 2.75) is 46.0 Å². The number of nitrogens with one attached hydrogen (secondary N) is 2. The quantitative estimate of drug-likeness (QED) is 0.763. The molecule has 0 aromatic carbocycles. The van der Waals surface area contributed by atoms with Gasteiger partial charge in [0.15, 0.2) is 0 Å². The van der Waals surface area contributed by atoms with Crippen LogP contribution in [0.3, 0.4) is 0 Å². The van der Waals surface area contributed by atoms with Crippen molar-refractivity contribution in [1.82, 2.24) is 9.97 Å². The number of aryl methyl sites for hydroxylation is 1. The highest BCUT2D eigenvalue weighted by Crippen LogP contribution is 2.49. The van der Waals surface area contributed by atoms with Crippen LogP contribution in [0.4, 0.5) is 11.6 Å². The molecule has 1 aromatic rings. The van der Waals surface area contributed by atoms with Gasteiger partial charge in [-0.15, -0.1) is 0 Å². The summed E-state index contributed by atoms with van der Waals surface area (Å²) < 4.78 is 0. The minimum atomic E-state index is 0.873. The average molecular weight is 274 g/mol. The summed E-state index contributed by atoms with van der Waals surface area (Å²) in [4.78, 5) is 9.10. The van der Waals surface area contributed by atoms with Gasteiger partial charge in [0.25, 0.3) is 0 Å². The lowest BCUT2D eigenvalue weighted by atomic mass is 9.98. The van der Waals surface area contributed by atoms with Gasteiger partial charge in [0.05, 0.1) is 0 Å². The molecular weight excluding hydrogens is 248 g/mol. The molecule has 0 amide bonds. The van der Waals surface area contributed by atoms with Gasteiger partial charge >= 0.3 is 0 Å². The van der Waals surface area contributed by atoms with Crippen LogP contribution in [0.2, 0.25) is 0 Å². The predicted molar refractivity (Wildman–Crippen MR) is 83.0 cm³/mol. The molecule has 0 aliphatic heterocycles. The lowest BCUT2D eigenvalue weighted by molar-refractivity contribution is 0.427. The molecule has 0 spiro atoms. The molecule has 0 bridgehead atoms. The Hall–Kier alpha value is -1.32. The lowest BCUT2D eigenvalue weighted by Gasteiger charge is -2.17. The molecule has 0 unspecified atom stereocenters. The standard InChI is InChI=1S/C16H26N4/c1-3-14-19-15(17-4-2)9-16(20-14)18-10-13(11-5-6-11)12-7-8-12/h9,11-13H,3-8,10H2,1-2H3,(H2,17,18,19,20). The Bertz CT molecular complexity index is 440. The second-order valence-electron chi connectivity index (χ2n) is 6.16. The Morgan fingerprint density at radius 2 is 1.65 bits per heavy atom. The van der Waals surface area contributed by atoms with E-state index in [0.717, 1.165) is 54.7 Å². The van der Waals surface area contributed by atoms with Crippen molar-refractivity contribution in [3.05, 3.63) is 11.9 Å². The van der Waals surface area contributed by atoms with Gasteiger partial charge in [0, 0.05) is 25.6 Å². The van der Waals surface area contributed by atoms with Gasteiger partial charge in [0.1, 0.15) is 17.5 Å². The molecule has 2 aliphatic carbocycles. The van der Waals surface area contributed by atoms with Crippen molar-refractivity contribution in [3.8, 4) is 0 Å². The van der Waals surface area contributed by atoms with Gasteiger partial charge in [0.2, 0.25) is 0 Å². The van der Waals surface area contributed by atoms with E-state index in [1.165, 1.54) is 25.7 Å². The number of nitrogens with zero attached hydrogens (tertiary/aromatic N) is 2. The zero-order chi connectivity index (χ0) is 13.9. The second-order valence-corrected chi connectivity index (χ2v) is 6.16. The first kappa shape index (κ1) is 13.7. The van der Waals surface area contributed by atoms with Crippen molar-refractivity contribution < 1.29 is 0 Å². The highest BCUT2D eigenvalue weighted by molar-refractivity contribution is 5.47. The Balaban J connectivity index is 1.64. The molecule has 1 aromatic heterocycles. The van der Waals surface area contributed by atoms with Crippen LogP contribution in [0, 0.1) is 17.8 Å². The van der Waals surface area contributed by atoms with E-state index in [-0.39, 0.29) is 0 Å². The molecule has 0 saturated heterocycles. The van der Waals surface area contributed by atoms with Gasteiger partial charge in [-0.2, -0.15) is 0 Å². The molecule has 0 radical (unpaired) electrons. The fourth-order valence-corrected chi connectivity index (χ4v) is 3.01. The lowest BCUT2D eigenvalue weighted by Crippen LogP contribution is -2.19. The molecule has 0 atom stereocenters. The van der Waals surface area contributed by atoms with Crippen molar-refractivity contribution in [2.24, 2.45) is 17.8 Å². The Morgan fingerprint density at radius 1 is 1.05 bits per heavy atom. The van der Waals surface area contributed by atoms with Crippen molar-refractivity contribution in [2.75, 3.05) is 23.7 Å². The second kappa shape index (κ2) is 5.98. The smallest absolute Gasteiger partial charge is 0.132 e. The third-order valence-corrected chi connectivity index (χ3v) is 4.42. The monoisotopic (exact) mass is 274 g/mol. The van der Waals surface area contributed by atoms with Gasteiger partial charge < -0.3 is 10.6 Å². The SMILES string of the molecule is CCNc1cc(NCC(C2CC2)C2CC2)nc(CC)n1. The third-order valence-electron chi connectivity index (χ3n) is 4.42. The van der Waals surface area contributed by atoms with E-state index < -0.39 is 0 Å². The summed E-state index contributed by atoms with van der Waals surface area (Å²) in [5.41, 5.74) is 0. The third kappa shape index (κ3) is 3.41. The largest absolute Gasteiger partial charge is 0.370 e. The molecule has 20 heavy (non-hydrogen) atoms. The average Bonchev–Trinajstić information content (AvgIpc) is 3.32. The van der Waals surface area contributed by atoms with Crippen molar-refractivity contribution >= 4 is 11.6 Å². The van der Waals surface area contributed by atoms with Crippen LogP contribution >= 0.6 is 0 Å². The zero-order valence-corrected chi connectivity index (χ0v) is 12.7. The van der Waals surface area contributed by atoms with Crippen LogP contribution in [0.25, 0.3) is 0 Å². The van der Waals surface area contributed by atoms with Crippen LogP contribution in [-0.4, -0.2) is 23.1 Å². The zero-order valence-electron chi connectivity index (χ0n) is 12.7. The molecule has 110 valence electrons. The van der Waals surface area contributed by atoms with E-state index >= 15 is 0 Å². The van der Waals surface area contributed by atoms with E-state index in [1.54, 1.807) is 0 Å². The summed E-state index contributed by atoms with van der Waals surface area (Å²) in [6.07, 6.45) is 6.64. The predicted octanol–water partition coefficient (Wildman–Crippen LogP) is 3.32. The Morgan fingerprint density at radius 3 is 2.15 bits per heavy atom. The molecule has 2 fully saturated rings. The maximum Gasteiger partial charge on any atom is 0.132 e. The molecule has 3 rings (SSSR count). The van der Waals surface area contributed by atoms with E-state index in [1.807, 2.05) is 6.07 Å². The van der Waals surface area contributed by atoms with Crippen LogP contribution in [-0.2, 0) is 6.42 Å². The number of anilines is 2. The van der Waals surface area contributed by atoms with E-state index in [2.05, 4.69) is 34.4 Å². The van der Waals surface area contributed by atoms with E-state index in [4.69, 9.17) is 0 Å².